The Bertz CT molecular complexity index is 598. The molecule has 1 spiro atoms. The Kier molecular flexibility index (Phi) is 3.49. The van der Waals surface area contributed by atoms with Crippen molar-refractivity contribution in [2.75, 3.05) is 27.0 Å². The van der Waals surface area contributed by atoms with Crippen molar-refractivity contribution < 1.29 is 14.2 Å². The summed E-state index contributed by atoms with van der Waals surface area (Å²) in [4.78, 5) is 2.64. The maximum Gasteiger partial charge on any atom is 0.231 e. The summed E-state index contributed by atoms with van der Waals surface area (Å²) < 4.78 is 16.3. The van der Waals surface area contributed by atoms with Crippen LogP contribution >= 0.6 is 0 Å². The van der Waals surface area contributed by atoms with E-state index < -0.39 is 0 Å². The number of ether oxygens (including phenoxy) is 3. The lowest BCUT2D eigenvalue weighted by molar-refractivity contribution is 0.174. The van der Waals surface area contributed by atoms with E-state index in [1.807, 2.05) is 6.07 Å². The molecule has 1 saturated heterocycles. The molecule has 1 aromatic rings. The van der Waals surface area contributed by atoms with Crippen LogP contribution in [0.2, 0.25) is 0 Å². The lowest BCUT2D eigenvalue weighted by Crippen LogP contribution is -2.41. The van der Waals surface area contributed by atoms with Crippen LogP contribution in [0.1, 0.15) is 31.2 Å². The van der Waals surface area contributed by atoms with E-state index in [9.17, 15) is 0 Å². The number of rotatable bonds is 4. The smallest absolute Gasteiger partial charge is 0.231 e. The fourth-order valence-corrected chi connectivity index (χ4v) is 4.04. The number of likely N-dealkylation sites (tertiary alicyclic amines) is 1. The first kappa shape index (κ1) is 13.9. The maximum absolute atomic E-state index is 5.47. The van der Waals surface area contributed by atoms with Crippen LogP contribution in [0.25, 0.3) is 0 Å². The minimum Gasteiger partial charge on any atom is -0.501 e. The van der Waals surface area contributed by atoms with Crippen molar-refractivity contribution in [3.8, 4) is 11.5 Å². The molecule has 1 unspecified atom stereocenters. The van der Waals surface area contributed by atoms with Crippen LogP contribution in [0.3, 0.4) is 0 Å². The maximum atomic E-state index is 5.47. The first-order valence-electron chi connectivity index (χ1n) is 8.18. The summed E-state index contributed by atoms with van der Waals surface area (Å²) >= 11 is 0. The third-order valence-corrected chi connectivity index (χ3v) is 5.27. The molecule has 0 aromatic heterocycles. The largest absolute Gasteiger partial charge is 0.501 e. The van der Waals surface area contributed by atoms with E-state index in [1.54, 1.807) is 7.11 Å². The van der Waals surface area contributed by atoms with Crippen LogP contribution in [-0.2, 0) is 11.2 Å². The monoisotopic (exact) mass is 301 g/mol. The molecular weight excluding hydrogens is 278 g/mol. The fraction of sp³-hybridized carbons (Fsp3) is 0.556. The van der Waals surface area contributed by atoms with Crippen LogP contribution in [0.5, 0.6) is 11.5 Å². The third-order valence-electron chi connectivity index (χ3n) is 5.27. The molecule has 0 amide bonds. The van der Waals surface area contributed by atoms with Gasteiger partial charge in [0.2, 0.25) is 6.79 Å². The van der Waals surface area contributed by atoms with Gasteiger partial charge >= 0.3 is 0 Å². The molecule has 4 heteroatoms. The fourth-order valence-electron chi connectivity index (χ4n) is 4.04. The van der Waals surface area contributed by atoms with Gasteiger partial charge in [0.25, 0.3) is 0 Å². The van der Waals surface area contributed by atoms with Crippen molar-refractivity contribution in [2.24, 2.45) is 0 Å². The van der Waals surface area contributed by atoms with Gasteiger partial charge in [-0.3, -0.25) is 4.90 Å². The SMILES string of the molecule is COC1=CC2(CCCN2CCc2ccc3c(c2)OCO3)CC1. The van der Waals surface area contributed by atoms with E-state index in [-0.39, 0.29) is 5.54 Å². The average molecular weight is 301 g/mol. The van der Waals surface area contributed by atoms with Gasteiger partial charge in [0.1, 0.15) is 0 Å². The summed E-state index contributed by atoms with van der Waals surface area (Å²) in [5.74, 6) is 2.91. The molecule has 4 rings (SSSR count). The molecule has 3 aliphatic rings. The van der Waals surface area contributed by atoms with Gasteiger partial charge in [-0.05, 0) is 56.0 Å². The van der Waals surface area contributed by atoms with Crippen LogP contribution in [-0.4, -0.2) is 37.4 Å². The highest BCUT2D eigenvalue weighted by Crippen LogP contribution is 2.41. The van der Waals surface area contributed by atoms with Crippen molar-refractivity contribution >= 4 is 0 Å². The van der Waals surface area contributed by atoms with Crippen molar-refractivity contribution in [1.29, 1.82) is 0 Å². The molecule has 0 radical (unpaired) electrons. The summed E-state index contributed by atoms with van der Waals surface area (Å²) in [5, 5.41) is 0. The molecule has 1 fully saturated rings. The molecule has 1 atom stereocenters. The predicted molar refractivity (Wildman–Crippen MR) is 84.1 cm³/mol. The molecule has 0 bridgehead atoms. The number of allylic oxidation sites excluding steroid dienone is 1. The van der Waals surface area contributed by atoms with Gasteiger partial charge in [-0.25, -0.2) is 0 Å². The molecular formula is C18H23NO3. The number of methoxy groups -OCH3 is 1. The first-order chi connectivity index (χ1) is 10.8. The summed E-state index contributed by atoms with van der Waals surface area (Å²) in [6.45, 7) is 2.63. The zero-order valence-corrected chi connectivity index (χ0v) is 13.1. The highest BCUT2D eigenvalue weighted by Gasteiger charge is 2.42. The Hall–Kier alpha value is -1.68. The number of hydrogen-bond acceptors (Lipinski definition) is 4. The van der Waals surface area contributed by atoms with E-state index in [0.29, 0.717) is 6.79 Å². The van der Waals surface area contributed by atoms with Crippen LogP contribution in [0.4, 0.5) is 0 Å². The Balaban J connectivity index is 1.44. The van der Waals surface area contributed by atoms with Crippen molar-refractivity contribution in [3.05, 3.63) is 35.6 Å². The molecule has 0 N–H and O–H groups in total. The standard InChI is InChI=1S/C18H23NO3/c1-20-15-5-8-18(12-15)7-2-9-19(18)10-6-14-3-4-16-17(11-14)22-13-21-16/h3-4,11-12H,2,5-10,13H2,1H3. The van der Waals surface area contributed by atoms with E-state index in [0.717, 1.165) is 36.6 Å². The zero-order chi connectivity index (χ0) is 15.0. The van der Waals surface area contributed by atoms with Gasteiger partial charge in [0.15, 0.2) is 11.5 Å². The molecule has 1 aromatic carbocycles. The van der Waals surface area contributed by atoms with E-state index in [4.69, 9.17) is 14.2 Å². The Morgan fingerprint density at radius 3 is 3.00 bits per heavy atom. The molecule has 2 heterocycles. The van der Waals surface area contributed by atoms with E-state index >= 15 is 0 Å². The Morgan fingerprint density at radius 2 is 2.14 bits per heavy atom. The topological polar surface area (TPSA) is 30.9 Å². The van der Waals surface area contributed by atoms with Gasteiger partial charge < -0.3 is 14.2 Å². The van der Waals surface area contributed by atoms with Crippen LogP contribution in [0, 0.1) is 0 Å². The third kappa shape index (κ3) is 2.35. The van der Waals surface area contributed by atoms with Crippen LogP contribution < -0.4 is 9.47 Å². The molecule has 2 aliphatic heterocycles. The van der Waals surface area contributed by atoms with Crippen molar-refractivity contribution in [2.45, 2.75) is 37.6 Å². The summed E-state index contributed by atoms with van der Waals surface area (Å²) in [7, 11) is 1.79. The number of nitrogens with zero attached hydrogens (tertiary/aromatic N) is 1. The lowest BCUT2D eigenvalue weighted by Gasteiger charge is -2.33. The lowest BCUT2D eigenvalue weighted by atomic mass is 9.95. The van der Waals surface area contributed by atoms with Gasteiger partial charge in [0.05, 0.1) is 12.9 Å². The zero-order valence-electron chi connectivity index (χ0n) is 13.1. The van der Waals surface area contributed by atoms with Gasteiger partial charge in [-0.2, -0.15) is 0 Å². The van der Waals surface area contributed by atoms with Gasteiger partial charge in [-0.1, -0.05) is 6.07 Å². The average Bonchev–Trinajstić information content (AvgIpc) is 3.25. The normalized spacial score (nSPS) is 26.7. The van der Waals surface area contributed by atoms with Gasteiger partial charge in [-0.15, -0.1) is 0 Å². The summed E-state index contributed by atoms with van der Waals surface area (Å²) in [6, 6.07) is 6.30. The summed E-state index contributed by atoms with van der Waals surface area (Å²) in [5.41, 5.74) is 1.57. The number of fused-ring (bicyclic) bond motifs is 1. The molecule has 118 valence electrons. The first-order valence-corrected chi connectivity index (χ1v) is 8.18. The quantitative estimate of drug-likeness (QED) is 0.855. The Morgan fingerprint density at radius 1 is 1.23 bits per heavy atom. The van der Waals surface area contributed by atoms with Crippen LogP contribution in [0.15, 0.2) is 30.0 Å². The minimum absolute atomic E-state index is 0.252. The summed E-state index contributed by atoms with van der Waals surface area (Å²) in [6.07, 6.45) is 8.26. The Labute approximate surface area is 131 Å². The number of benzene rings is 1. The number of hydrogen-bond donors (Lipinski definition) is 0. The molecule has 0 saturated carbocycles. The highest BCUT2D eigenvalue weighted by atomic mass is 16.7. The molecule has 1 aliphatic carbocycles. The van der Waals surface area contributed by atoms with Crippen molar-refractivity contribution in [1.82, 2.24) is 4.90 Å². The second-order valence-electron chi connectivity index (χ2n) is 6.45. The minimum atomic E-state index is 0.252. The highest BCUT2D eigenvalue weighted by molar-refractivity contribution is 5.44. The van der Waals surface area contributed by atoms with Gasteiger partial charge in [0, 0.05) is 18.5 Å². The predicted octanol–water partition coefficient (Wildman–Crippen LogP) is 3.12. The van der Waals surface area contributed by atoms with Crippen molar-refractivity contribution in [3.63, 3.8) is 0 Å². The van der Waals surface area contributed by atoms with E-state index in [2.05, 4.69) is 23.1 Å². The second-order valence-corrected chi connectivity index (χ2v) is 6.45. The second kappa shape index (κ2) is 5.51. The molecule has 4 nitrogen and oxygen atoms in total. The van der Waals surface area contributed by atoms with E-state index in [1.165, 1.54) is 31.4 Å². The molecule has 22 heavy (non-hydrogen) atoms.